The van der Waals surface area contributed by atoms with Crippen LogP contribution >= 0.6 is 35.5 Å². The lowest BCUT2D eigenvalue weighted by Crippen LogP contribution is -1.79. The molecule has 2 nitrogen and oxygen atoms in total. The zero-order chi connectivity index (χ0) is 9.80. The van der Waals surface area contributed by atoms with Crippen LogP contribution in [0, 0.1) is 3.82 Å². The number of thioether (sulfide) groups is 1. The van der Waals surface area contributed by atoms with Gasteiger partial charge >= 0.3 is 0 Å². The van der Waals surface area contributed by atoms with Crippen molar-refractivity contribution in [3.05, 3.63) is 39.7 Å². The van der Waals surface area contributed by atoms with Crippen molar-refractivity contribution in [2.45, 2.75) is 10.8 Å². The molecule has 0 amide bonds. The summed E-state index contributed by atoms with van der Waals surface area (Å²) in [5.41, 5.74) is 1.29. The third-order valence-corrected chi connectivity index (χ3v) is 3.99. The first-order valence-corrected chi connectivity index (χ1v) is 6.28. The van der Waals surface area contributed by atoms with E-state index in [9.17, 15) is 0 Å². The molecular weight excluding hydrogens is 232 g/mol. The second-order valence-electron chi connectivity index (χ2n) is 2.67. The van der Waals surface area contributed by atoms with Crippen LogP contribution in [0.25, 0.3) is 0 Å². The van der Waals surface area contributed by atoms with Gasteiger partial charge in [0.1, 0.15) is 8.85 Å². The Balaban J connectivity index is 2.02. The molecule has 1 aromatic carbocycles. The highest BCUT2D eigenvalue weighted by Crippen LogP contribution is 2.22. The predicted octanol–water partition coefficient (Wildman–Crippen LogP) is 3.49. The van der Waals surface area contributed by atoms with Gasteiger partial charge in [0.05, 0.1) is 0 Å². The van der Waals surface area contributed by atoms with Gasteiger partial charge in [-0.05, 0) is 17.1 Å². The van der Waals surface area contributed by atoms with Crippen molar-refractivity contribution in [3.8, 4) is 0 Å². The van der Waals surface area contributed by atoms with E-state index in [4.69, 9.17) is 12.2 Å². The van der Waals surface area contributed by atoms with Crippen molar-refractivity contribution in [3.63, 3.8) is 0 Å². The van der Waals surface area contributed by atoms with E-state index in [-0.39, 0.29) is 0 Å². The molecule has 0 aliphatic carbocycles. The zero-order valence-corrected chi connectivity index (χ0v) is 9.72. The SMILES string of the molecule is S=c1s[nH]nc1SCc1ccccc1. The van der Waals surface area contributed by atoms with Crippen LogP contribution in [0.3, 0.4) is 0 Å². The Bertz CT molecular complexity index is 446. The highest BCUT2D eigenvalue weighted by atomic mass is 32.2. The second-order valence-corrected chi connectivity index (χ2v) is 5.10. The quantitative estimate of drug-likeness (QED) is 0.657. The molecule has 0 aliphatic heterocycles. The molecule has 0 saturated carbocycles. The molecule has 14 heavy (non-hydrogen) atoms. The van der Waals surface area contributed by atoms with Crippen LogP contribution < -0.4 is 0 Å². The van der Waals surface area contributed by atoms with Crippen LogP contribution in [0.2, 0.25) is 0 Å². The van der Waals surface area contributed by atoms with Crippen molar-refractivity contribution in [1.82, 2.24) is 9.59 Å². The van der Waals surface area contributed by atoms with E-state index in [1.807, 2.05) is 18.2 Å². The van der Waals surface area contributed by atoms with Crippen molar-refractivity contribution in [2.24, 2.45) is 0 Å². The van der Waals surface area contributed by atoms with E-state index in [0.717, 1.165) is 14.6 Å². The number of hydrogen-bond donors (Lipinski definition) is 1. The predicted molar refractivity (Wildman–Crippen MR) is 63.3 cm³/mol. The number of nitrogens with one attached hydrogen (secondary N) is 1. The van der Waals surface area contributed by atoms with Gasteiger partial charge in [0.15, 0.2) is 0 Å². The van der Waals surface area contributed by atoms with E-state index in [2.05, 4.69) is 21.7 Å². The molecule has 5 heteroatoms. The topological polar surface area (TPSA) is 28.7 Å². The van der Waals surface area contributed by atoms with E-state index < -0.39 is 0 Å². The molecule has 0 fully saturated rings. The highest BCUT2D eigenvalue weighted by Gasteiger charge is 2.00. The lowest BCUT2D eigenvalue weighted by Gasteiger charge is -1.96. The normalized spacial score (nSPS) is 10.3. The van der Waals surface area contributed by atoms with Gasteiger partial charge in [0, 0.05) is 5.75 Å². The Labute approximate surface area is 95.5 Å². The minimum atomic E-state index is 0.839. The Morgan fingerprint density at radius 2 is 2.14 bits per heavy atom. The third-order valence-electron chi connectivity index (χ3n) is 1.68. The molecule has 1 aromatic heterocycles. The van der Waals surface area contributed by atoms with Gasteiger partial charge in [-0.2, -0.15) is 5.10 Å². The summed E-state index contributed by atoms with van der Waals surface area (Å²) in [4.78, 5) is 0. The number of rotatable bonds is 3. The molecule has 2 aromatic rings. The summed E-state index contributed by atoms with van der Waals surface area (Å²) in [6, 6.07) is 10.3. The fourth-order valence-corrected chi connectivity index (χ4v) is 2.78. The summed E-state index contributed by atoms with van der Waals surface area (Å²) in [5.74, 6) is 0.919. The summed E-state index contributed by atoms with van der Waals surface area (Å²) >= 11 is 8.17. The zero-order valence-electron chi connectivity index (χ0n) is 7.27. The third kappa shape index (κ3) is 2.43. The molecule has 0 atom stereocenters. The molecule has 0 spiro atoms. The first-order chi connectivity index (χ1) is 6.86. The molecule has 0 saturated heterocycles. The molecule has 2 rings (SSSR count). The van der Waals surface area contributed by atoms with Gasteiger partial charge in [-0.3, -0.25) is 0 Å². The summed E-state index contributed by atoms with van der Waals surface area (Å²) in [6.07, 6.45) is 0. The lowest BCUT2D eigenvalue weighted by molar-refractivity contribution is 1.03. The maximum Gasteiger partial charge on any atom is 0.147 e. The van der Waals surface area contributed by atoms with Crippen LogP contribution in [-0.2, 0) is 5.75 Å². The van der Waals surface area contributed by atoms with Crippen molar-refractivity contribution in [2.75, 3.05) is 0 Å². The monoisotopic (exact) mass is 240 g/mol. The second kappa shape index (κ2) is 4.72. The van der Waals surface area contributed by atoms with Crippen molar-refractivity contribution < 1.29 is 0 Å². The molecule has 72 valence electrons. The van der Waals surface area contributed by atoms with Gasteiger partial charge in [0.25, 0.3) is 0 Å². The summed E-state index contributed by atoms with van der Waals surface area (Å²) in [5, 5.41) is 5.01. The number of hydrogen-bond acceptors (Lipinski definition) is 4. The molecule has 1 heterocycles. The van der Waals surface area contributed by atoms with E-state index in [1.54, 1.807) is 11.8 Å². The number of benzene rings is 1. The maximum atomic E-state index is 5.10. The van der Waals surface area contributed by atoms with Gasteiger partial charge in [-0.15, -0.1) is 0 Å². The van der Waals surface area contributed by atoms with Crippen LogP contribution in [0.15, 0.2) is 35.4 Å². The molecule has 1 N–H and O–H groups in total. The van der Waals surface area contributed by atoms with Crippen LogP contribution in [-0.4, -0.2) is 9.59 Å². The smallest absolute Gasteiger partial charge is 0.147 e. The first kappa shape index (κ1) is 9.89. The minimum absolute atomic E-state index is 0.839. The fraction of sp³-hybridized carbons (Fsp3) is 0.111. The summed E-state index contributed by atoms with van der Waals surface area (Å²) in [7, 11) is 0. The molecule has 0 aliphatic rings. The number of aromatic amines is 1. The molecular formula is C9H8N2S3. The maximum absolute atomic E-state index is 5.10. The molecule has 0 bridgehead atoms. The largest absolute Gasteiger partial charge is 0.230 e. The first-order valence-electron chi connectivity index (χ1n) is 4.07. The average molecular weight is 240 g/mol. The van der Waals surface area contributed by atoms with Crippen LogP contribution in [0.4, 0.5) is 0 Å². The van der Waals surface area contributed by atoms with E-state index in [1.165, 1.54) is 17.1 Å². The molecule has 0 unspecified atom stereocenters. The Morgan fingerprint density at radius 1 is 1.36 bits per heavy atom. The summed E-state index contributed by atoms with van der Waals surface area (Å²) < 4.78 is 3.64. The van der Waals surface area contributed by atoms with Gasteiger partial charge in [-0.25, -0.2) is 4.49 Å². The minimum Gasteiger partial charge on any atom is -0.230 e. The Kier molecular flexibility index (Phi) is 3.34. The number of H-pyrrole nitrogens is 1. The standard InChI is InChI=1S/C9H8N2S3/c12-9-8(10-11-14-9)13-6-7-4-2-1-3-5-7/h1-5,11H,6H2. The average Bonchev–Trinajstić information content (AvgIpc) is 2.63. The van der Waals surface area contributed by atoms with Gasteiger partial charge < -0.3 is 0 Å². The number of aromatic nitrogens is 2. The van der Waals surface area contributed by atoms with Crippen LogP contribution in [0.1, 0.15) is 5.56 Å². The van der Waals surface area contributed by atoms with Gasteiger partial charge in [0.2, 0.25) is 0 Å². The van der Waals surface area contributed by atoms with E-state index >= 15 is 0 Å². The summed E-state index contributed by atoms with van der Waals surface area (Å²) in [6.45, 7) is 0. The Hall–Kier alpha value is -0.650. The van der Waals surface area contributed by atoms with Gasteiger partial charge in [-0.1, -0.05) is 54.3 Å². The van der Waals surface area contributed by atoms with Crippen LogP contribution in [0.5, 0.6) is 0 Å². The lowest BCUT2D eigenvalue weighted by atomic mass is 10.2. The molecule has 0 radical (unpaired) electrons. The highest BCUT2D eigenvalue weighted by molar-refractivity contribution is 7.98. The number of nitrogens with zero attached hydrogens (tertiary/aromatic N) is 1. The van der Waals surface area contributed by atoms with Crippen molar-refractivity contribution in [1.29, 1.82) is 0 Å². The fourth-order valence-electron chi connectivity index (χ4n) is 1.01. The van der Waals surface area contributed by atoms with Crippen molar-refractivity contribution >= 4 is 35.5 Å². The Morgan fingerprint density at radius 3 is 2.79 bits per heavy atom. The van der Waals surface area contributed by atoms with E-state index in [0.29, 0.717) is 0 Å².